The van der Waals surface area contributed by atoms with E-state index in [4.69, 9.17) is 0 Å². The van der Waals surface area contributed by atoms with E-state index in [9.17, 15) is 17.6 Å². The first-order valence-corrected chi connectivity index (χ1v) is 10.2. The molecule has 2 heterocycles. The number of nitrogens with zero attached hydrogens (tertiary/aromatic N) is 3. The zero-order chi connectivity index (χ0) is 22.0. The van der Waals surface area contributed by atoms with Crippen LogP contribution in [0.5, 0.6) is 0 Å². The van der Waals surface area contributed by atoms with Crippen LogP contribution in [0.3, 0.4) is 0 Å². The highest BCUT2D eigenvalue weighted by molar-refractivity contribution is 5.75. The first-order chi connectivity index (χ1) is 14.9. The van der Waals surface area contributed by atoms with Crippen LogP contribution in [-0.4, -0.2) is 23.1 Å². The monoisotopic (exact) mass is 430 g/mol. The Balaban J connectivity index is 1.68. The van der Waals surface area contributed by atoms with Gasteiger partial charge in [0, 0.05) is 54.7 Å². The fraction of sp³-hybridized carbons (Fsp3) is 0.304. The minimum absolute atomic E-state index is 0.00934. The normalized spacial score (nSPS) is 14.7. The lowest BCUT2D eigenvalue weighted by Crippen LogP contribution is -2.34. The molecule has 0 atom stereocenters. The number of benzene rings is 2. The largest absolute Gasteiger partial charge is 0.365 e. The van der Waals surface area contributed by atoms with Crippen molar-refractivity contribution < 1.29 is 17.6 Å². The molecule has 3 aromatic rings. The Bertz CT molecular complexity index is 1080. The minimum atomic E-state index is -0.751. The lowest BCUT2D eigenvalue weighted by atomic mass is 10.00. The highest BCUT2D eigenvalue weighted by atomic mass is 19.1. The topological polar surface area (TPSA) is 41.1 Å². The van der Waals surface area contributed by atoms with Gasteiger partial charge in [0.25, 0.3) is 0 Å². The Morgan fingerprint density at radius 1 is 0.935 bits per heavy atom. The molecule has 1 saturated heterocycles. The summed E-state index contributed by atoms with van der Waals surface area (Å²) in [6.07, 6.45) is 3.52. The fourth-order valence-corrected chi connectivity index (χ4v) is 3.62. The fourth-order valence-electron chi connectivity index (χ4n) is 3.62. The second-order valence-corrected chi connectivity index (χ2v) is 7.82. The molecule has 2 aromatic carbocycles. The summed E-state index contributed by atoms with van der Waals surface area (Å²) in [4.78, 5) is 11.0. The number of halogens is 4. The second-order valence-electron chi connectivity index (χ2n) is 7.82. The molecule has 1 aliphatic rings. The first-order valence-electron chi connectivity index (χ1n) is 10.2. The molecule has 8 heteroatoms. The van der Waals surface area contributed by atoms with Crippen LogP contribution in [0.1, 0.15) is 25.3 Å². The van der Waals surface area contributed by atoms with Gasteiger partial charge in [0.05, 0.1) is 0 Å². The van der Waals surface area contributed by atoms with Crippen molar-refractivity contribution in [3.8, 4) is 11.1 Å². The minimum Gasteiger partial charge on any atom is -0.365 e. The van der Waals surface area contributed by atoms with Gasteiger partial charge in [-0.3, -0.25) is 0 Å². The van der Waals surface area contributed by atoms with E-state index >= 15 is 0 Å². The highest BCUT2D eigenvalue weighted by Gasteiger charge is 2.21. The number of piperidine rings is 1. The third-order valence-corrected chi connectivity index (χ3v) is 5.53. The van der Waals surface area contributed by atoms with Gasteiger partial charge in [-0.2, -0.15) is 4.98 Å². The van der Waals surface area contributed by atoms with Crippen LogP contribution >= 0.6 is 0 Å². The number of rotatable bonds is 5. The molecule has 1 aliphatic heterocycles. The molecule has 0 spiro atoms. The van der Waals surface area contributed by atoms with Crippen molar-refractivity contribution in [3.63, 3.8) is 0 Å². The molecule has 0 aliphatic carbocycles. The molecular formula is C23H22F4N4. The molecule has 0 amide bonds. The lowest BCUT2D eigenvalue weighted by Gasteiger charge is -2.30. The molecule has 31 heavy (non-hydrogen) atoms. The van der Waals surface area contributed by atoms with E-state index in [1.54, 1.807) is 0 Å². The third-order valence-electron chi connectivity index (χ3n) is 5.53. The van der Waals surface area contributed by atoms with Crippen LogP contribution in [0.4, 0.5) is 29.3 Å². The molecule has 4 rings (SSSR count). The zero-order valence-corrected chi connectivity index (χ0v) is 17.0. The van der Waals surface area contributed by atoms with E-state index in [-0.39, 0.29) is 23.5 Å². The Morgan fingerprint density at radius 3 is 2.29 bits per heavy atom. The van der Waals surface area contributed by atoms with Crippen LogP contribution in [0.25, 0.3) is 11.1 Å². The summed E-state index contributed by atoms with van der Waals surface area (Å²) in [5.41, 5.74) is 0.690. The Hall–Kier alpha value is -3.16. The maximum absolute atomic E-state index is 14.5. The SMILES string of the molecule is CC1CCN(c2ncc(-c3ccc(F)cc3F)c(NCc3ccc(F)cc3F)n2)CC1. The number of hydrogen-bond acceptors (Lipinski definition) is 4. The summed E-state index contributed by atoms with van der Waals surface area (Å²) in [6, 6.07) is 6.57. The van der Waals surface area contributed by atoms with Gasteiger partial charge in [0.2, 0.25) is 5.95 Å². The average Bonchev–Trinajstić information content (AvgIpc) is 2.74. The van der Waals surface area contributed by atoms with E-state index in [2.05, 4.69) is 27.1 Å². The molecule has 1 fully saturated rings. The van der Waals surface area contributed by atoms with Gasteiger partial charge in [0.1, 0.15) is 29.1 Å². The first kappa shape index (κ1) is 21.1. The standard InChI is InChI=1S/C23H22F4N4/c1-14-6-8-31(9-7-14)23-29-13-19(18-5-4-17(25)11-21(18)27)22(30-23)28-12-15-2-3-16(24)10-20(15)26/h2-5,10-11,13-14H,6-9,12H2,1H3,(H,28,29,30). The Morgan fingerprint density at radius 2 is 1.61 bits per heavy atom. The quantitative estimate of drug-likeness (QED) is 0.539. The molecule has 0 bridgehead atoms. The molecule has 1 N–H and O–H groups in total. The summed E-state index contributed by atoms with van der Waals surface area (Å²) in [7, 11) is 0. The number of anilines is 2. The van der Waals surface area contributed by atoms with Gasteiger partial charge < -0.3 is 10.2 Å². The van der Waals surface area contributed by atoms with Crippen LogP contribution in [0.15, 0.2) is 42.6 Å². The van der Waals surface area contributed by atoms with Crippen LogP contribution in [-0.2, 0) is 6.54 Å². The third kappa shape index (κ3) is 4.78. The predicted octanol–water partition coefficient (Wildman–Crippen LogP) is 5.55. The predicted molar refractivity (Wildman–Crippen MR) is 112 cm³/mol. The van der Waals surface area contributed by atoms with Crippen molar-refractivity contribution in [3.05, 3.63) is 71.4 Å². The molecule has 0 radical (unpaired) electrons. The molecule has 4 nitrogen and oxygen atoms in total. The van der Waals surface area contributed by atoms with Gasteiger partial charge >= 0.3 is 0 Å². The summed E-state index contributed by atoms with van der Waals surface area (Å²) < 4.78 is 55.1. The number of nitrogens with one attached hydrogen (secondary N) is 1. The highest BCUT2D eigenvalue weighted by Crippen LogP contribution is 2.31. The Labute approximate surface area is 178 Å². The van der Waals surface area contributed by atoms with Crippen LogP contribution < -0.4 is 10.2 Å². The van der Waals surface area contributed by atoms with E-state index in [1.165, 1.54) is 24.4 Å². The second kappa shape index (κ2) is 8.91. The van der Waals surface area contributed by atoms with Gasteiger partial charge in [-0.1, -0.05) is 13.0 Å². The van der Waals surface area contributed by atoms with Gasteiger partial charge in [-0.25, -0.2) is 22.5 Å². The van der Waals surface area contributed by atoms with E-state index in [0.717, 1.165) is 44.1 Å². The Kier molecular flexibility index (Phi) is 6.06. The lowest BCUT2D eigenvalue weighted by molar-refractivity contribution is 0.434. The van der Waals surface area contributed by atoms with Gasteiger partial charge in [-0.05, 0) is 37.0 Å². The number of aromatic nitrogens is 2. The van der Waals surface area contributed by atoms with E-state index in [0.29, 0.717) is 17.4 Å². The summed E-state index contributed by atoms with van der Waals surface area (Å²) >= 11 is 0. The van der Waals surface area contributed by atoms with Crippen molar-refractivity contribution in [1.29, 1.82) is 0 Å². The maximum atomic E-state index is 14.5. The van der Waals surface area contributed by atoms with Crippen molar-refractivity contribution in [1.82, 2.24) is 9.97 Å². The molecule has 162 valence electrons. The molecule has 0 unspecified atom stereocenters. The van der Waals surface area contributed by atoms with Crippen molar-refractivity contribution in [2.75, 3.05) is 23.3 Å². The smallest absolute Gasteiger partial charge is 0.227 e. The van der Waals surface area contributed by atoms with Gasteiger partial charge in [0.15, 0.2) is 0 Å². The summed E-state index contributed by atoms with van der Waals surface area (Å²) in [6.45, 7) is 3.81. The van der Waals surface area contributed by atoms with Gasteiger partial charge in [-0.15, -0.1) is 0 Å². The van der Waals surface area contributed by atoms with Crippen molar-refractivity contribution in [2.24, 2.45) is 5.92 Å². The zero-order valence-electron chi connectivity index (χ0n) is 17.0. The number of hydrogen-bond donors (Lipinski definition) is 1. The van der Waals surface area contributed by atoms with Crippen LogP contribution in [0, 0.1) is 29.2 Å². The maximum Gasteiger partial charge on any atom is 0.227 e. The van der Waals surface area contributed by atoms with E-state index < -0.39 is 23.3 Å². The summed E-state index contributed by atoms with van der Waals surface area (Å²) in [5.74, 6) is -1.40. The molecule has 0 saturated carbocycles. The summed E-state index contributed by atoms with van der Waals surface area (Å²) in [5, 5.41) is 3.02. The average molecular weight is 430 g/mol. The van der Waals surface area contributed by atoms with Crippen molar-refractivity contribution in [2.45, 2.75) is 26.3 Å². The van der Waals surface area contributed by atoms with Crippen molar-refractivity contribution >= 4 is 11.8 Å². The molecule has 1 aromatic heterocycles. The van der Waals surface area contributed by atoms with Crippen LogP contribution in [0.2, 0.25) is 0 Å². The molecular weight excluding hydrogens is 408 g/mol. The van der Waals surface area contributed by atoms with E-state index in [1.807, 2.05) is 0 Å².